The van der Waals surface area contributed by atoms with Gasteiger partial charge in [-0.05, 0) is 18.1 Å². The van der Waals surface area contributed by atoms with Gasteiger partial charge in [0.25, 0.3) is 0 Å². The Morgan fingerprint density at radius 2 is 1.80 bits per heavy atom. The Kier molecular flexibility index (Phi) is 4.09. The zero-order valence-corrected chi connectivity index (χ0v) is 11.0. The van der Waals surface area contributed by atoms with Gasteiger partial charge in [0.2, 0.25) is 5.72 Å². The molecule has 0 saturated carbocycles. The summed E-state index contributed by atoms with van der Waals surface area (Å²) in [5, 5.41) is 17.9. The summed E-state index contributed by atoms with van der Waals surface area (Å²) >= 11 is 0. The van der Waals surface area contributed by atoms with Crippen LogP contribution in [0.4, 0.5) is 0 Å². The van der Waals surface area contributed by atoms with E-state index < -0.39 is 20.0 Å². The summed E-state index contributed by atoms with van der Waals surface area (Å²) in [6, 6.07) is 0. The van der Waals surface area contributed by atoms with Crippen molar-refractivity contribution in [2.75, 3.05) is 6.61 Å². The van der Waals surface area contributed by atoms with Gasteiger partial charge in [-0.2, -0.15) is 0 Å². The molecule has 5 nitrogen and oxygen atoms in total. The highest BCUT2D eigenvalue weighted by atomic mass is 28.4. The Labute approximate surface area is 91.4 Å². The SMILES string of the molecule is CC(C)(C)[Si](C)(C)OCC(N)(O)C(=O)O. The third-order valence-electron chi connectivity index (χ3n) is 2.83. The molecule has 0 rings (SSSR count). The van der Waals surface area contributed by atoms with Crippen molar-refractivity contribution in [3.05, 3.63) is 0 Å². The predicted octanol–water partition coefficient (Wildman–Crippen LogP) is 0.740. The van der Waals surface area contributed by atoms with Crippen molar-refractivity contribution in [3.8, 4) is 0 Å². The summed E-state index contributed by atoms with van der Waals surface area (Å²) in [4.78, 5) is 10.5. The molecular formula is C9H21NO4Si. The second kappa shape index (κ2) is 4.21. The van der Waals surface area contributed by atoms with E-state index in [1.807, 2.05) is 33.9 Å². The van der Waals surface area contributed by atoms with Crippen LogP contribution in [-0.4, -0.2) is 36.8 Å². The van der Waals surface area contributed by atoms with Crippen molar-refractivity contribution in [2.45, 2.75) is 44.6 Å². The van der Waals surface area contributed by atoms with Crippen LogP contribution in [0.25, 0.3) is 0 Å². The fourth-order valence-corrected chi connectivity index (χ4v) is 1.58. The molecule has 0 saturated heterocycles. The van der Waals surface area contributed by atoms with Crippen molar-refractivity contribution in [3.63, 3.8) is 0 Å². The summed E-state index contributed by atoms with van der Waals surface area (Å²) in [5.41, 5.74) is 2.87. The van der Waals surface area contributed by atoms with Crippen molar-refractivity contribution < 1.29 is 19.4 Å². The maximum atomic E-state index is 10.5. The zero-order valence-electron chi connectivity index (χ0n) is 10.00. The van der Waals surface area contributed by atoms with E-state index in [1.165, 1.54) is 0 Å². The van der Waals surface area contributed by atoms with Gasteiger partial charge in [-0.15, -0.1) is 0 Å². The van der Waals surface area contributed by atoms with E-state index in [2.05, 4.69) is 0 Å². The lowest BCUT2D eigenvalue weighted by atomic mass is 10.2. The average Bonchev–Trinajstić information content (AvgIpc) is 1.99. The van der Waals surface area contributed by atoms with E-state index in [4.69, 9.17) is 15.3 Å². The normalized spacial score (nSPS) is 17.3. The third kappa shape index (κ3) is 3.90. The molecule has 0 aromatic carbocycles. The number of aliphatic hydroxyl groups is 1. The van der Waals surface area contributed by atoms with E-state index in [1.54, 1.807) is 0 Å². The van der Waals surface area contributed by atoms with Crippen LogP contribution in [0.1, 0.15) is 20.8 Å². The fourth-order valence-electron chi connectivity index (χ4n) is 0.569. The molecule has 15 heavy (non-hydrogen) atoms. The van der Waals surface area contributed by atoms with Gasteiger partial charge in [-0.3, -0.25) is 5.73 Å². The van der Waals surface area contributed by atoms with Gasteiger partial charge in [0, 0.05) is 0 Å². The molecule has 90 valence electrons. The van der Waals surface area contributed by atoms with E-state index in [-0.39, 0.29) is 11.6 Å². The monoisotopic (exact) mass is 235 g/mol. The second-order valence-corrected chi connectivity index (χ2v) is 10.1. The molecule has 0 radical (unpaired) electrons. The first-order valence-electron chi connectivity index (χ1n) is 4.79. The molecule has 4 N–H and O–H groups in total. The first-order chi connectivity index (χ1) is 6.40. The van der Waals surface area contributed by atoms with Gasteiger partial charge in [0.05, 0.1) is 6.61 Å². The van der Waals surface area contributed by atoms with E-state index in [0.717, 1.165) is 0 Å². The molecule has 0 aliphatic carbocycles. The van der Waals surface area contributed by atoms with Crippen LogP contribution in [0.5, 0.6) is 0 Å². The van der Waals surface area contributed by atoms with Crippen molar-refractivity contribution in [2.24, 2.45) is 5.73 Å². The largest absolute Gasteiger partial charge is 0.478 e. The highest BCUT2D eigenvalue weighted by molar-refractivity contribution is 6.74. The molecule has 1 atom stereocenters. The Morgan fingerprint density at radius 1 is 1.40 bits per heavy atom. The maximum absolute atomic E-state index is 10.5. The highest BCUT2D eigenvalue weighted by Gasteiger charge is 2.41. The van der Waals surface area contributed by atoms with Gasteiger partial charge in [-0.25, -0.2) is 4.79 Å². The molecule has 0 bridgehead atoms. The molecule has 0 aromatic rings. The summed E-state index contributed by atoms with van der Waals surface area (Å²) in [5.74, 6) is -1.47. The molecule has 0 amide bonds. The topological polar surface area (TPSA) is 92.8 Å². The number of carbonyl (C=O) groups is 1. The minimum atomic E-state index is -2.30. The van der Waals surface area contributed by atoms with Gasteiger partial charge in [0.15, 0.2) is 8.32 Å². The molecule has 0 aliphatic rings. The van der Waals surface area contributed by atoms with Crippen LogP contribution in [-0.2, 0) is 9.22 Å². The molecule has 1 unspecified atom stereocenters. The third-order valence-corrected chi connectivity index (χ3v) is 7.31. The molecule has 0 heterocycles. The number of hydrogen-bond donors (Lipinski definition) is 3. The van der Waals surface area contributed by atoms with Crippen molar-refractivity contribution >= 4 is 14.3 Å². The Balaban J connectivity index is 4.47. The summed E-state index contributed by atoms with van der Waals surface area (Å²) in [7, 11) is -2.06. The number of rotatable bonds is 4. The minimum Gasteiger partial charge on any atom is -0.478 e. The van der Waals surface area contributed by atoms with E-state index in [0.29, 0.717) is 0 Å². The van der Waals surface area contributed by atoms with Gasteiger partial charge in [0.1, 0.15) is 0 Å². The summed E-state index contributed by atoms with van der Waals surface area (Å²) < 4.78 is 5.50. The number of carboxylic acid groups (broad SMARTS) is 1. The molecule has 0 aliphatic heterocycles. The minimum absolute atomic E-state index is 0.0401. The molecule has 0 aromatic heterocycles. The number of aliphatic carboxylic acids is 1. The molecular weight excluding hydrogens is 214 g/mol. The van der Waals surface area contributed by atoms with Gasteiger partial charge >= 0.3 is 5.97 Å². The summed E-state index contributed by atoms with van der Waals surface area (Å²) in [6.45, 7) is 9.62. The average molecular weight is 235 g/mol. The van der Waals surface area contributed by atoms with E-state index in [9.17, 15) is 9.90 Å². The molecule has 0 spiro atoms. The van der Waals surface area contributed by atoms with Crippen LogP contribution in [0.3, 0.4) is 0 Å². The van der Waals surface area contributed by atoms with Crippen LogP contribution in [0.15, 0.2) is 0 Å². The van der Waals surface area contributed by atoms with Crippen LogP contribution in [0.2, 0.25) is 18.1 Å². The summed E-state index contributed by atoms with van der Waals surface area (Å²) in [6.07, 6.45) is 0. The van der Waals surface area contributed by atoms with Crippen molar-refractivity contribution in [1.82, 2.24) is 0 Å². The second-order valence-electron chi connectivity index (χ2n) is 5.28. The molecule has 6 heteroatoms. The van der Waals surface area contributed by atoms with E-state index >= 15 is 0 Å². The number of carboxylic acids is 1. The fraction of sp³-hybridized carbons (Fsp3) is 0.889. The standard InChI is InChI=1S/C9H21NO4Si/c1-8(2,3)15(4,5)14-6-9(10,13)7(11)12/h13H,6,10H2,1-5H3,(H,11,12). The van der Waals surface area contributed by atoms with Crippen LogP contribution >= 0.6 is 0 Å². The van der Waals surface area contributed by atoms with Gasteiger partial charge < -0.3 is 14.6 Å². The quantitative estimate of drug-likeness (QED) is 0.493. The number of nitrogens with two attached hydrogens (primary N) is 1. The Hall–Kier alpha value is -0.433. The zero-order chi connectivity index (χ0) is 12.5. The Bertz CT molecular complexity index is 245. The van der Waals surface area contributed by atoms with Crippen molar-refractivity contribution in [1.29, 1.82) is 0 Å². The van der Waals surface area contributed by atoms with Crippen LogP contribution < -0.4 is 5.73 Å². The Morgan fingerprint density at radius 3 is 2.07 bits per heavy atom. The van der Waals surface area contributed by atoms with Gasteiger partial charge in [-0.1, -0.05) is 20.8 Å². The number of hydrogen-bond acceptors (Lipinski definition) is 4. The highest BCUT2D eigenvalue weighted by Crippen LogP contribution is 2.36. The first kappa shape index (κ1) is 14.6. The maximum Gasteiger partial charge on any atom is 0.353 e. The first-order valence-corrected chi connectivity index (χ1v) is 7.69. The lowest BCUT2D eigenvalue weighted by Gasteiger charge is -2.37. The molecule has 0 fully saturated rings. The predicted molar refractivity (Wildman–Crippen MR) is 59.9 cm³/mol. The lowest BCUT2D eigenvalue weighted by molar-refractivity contribution is -0.161. The smallest absolute Gasteiger partial charge is 0.353 e. The van der Waals surface area contributed by atoms with Crippen LogP contribution in [0, 0.1) is 0 Å². The lowest BCUT2D eigenvalue weighted by Crippen LogP contribution is -2.55.